The van der Waals surface area contributed by atoms with Gasteiger partial charge in [-0.05, 0) is 42.5 Å². The van der Waals surface area contributed by atoms with E-state index in [0.717, 1.165) is 62.7 Å². The average Bonchev–Trinajstić information content (AvgIpc) is 3.50. The summed E-state index contributed by atoms with van der Waals surface area (Å²) in [6.07, 6.45) is 7.35. The van der Waals surface area contributed by atoms with Crippen LogP contribution < -0.4 is 10.6 Å². The van der Waals surface area contributed by atoms with Crippen LogP contribution in [0.2, 0.25) is 0 Å². The minimum absolute atomic E-state index is 0.00747. The van der Waals surface area contributed by atoms with Crippen LogP contribution in [0.15, 0.2) is 41.7 Å². The molecule has 2 aliphatic heterocycles. The number of anilines is 1. The molecule has 0 saturated carbocycles. The predicted molar refractivity (Wildman–Crippen MR) is 119 cm³/mol. The van der Waals surface area contributed by atoms with Crippen LogP contribution >= 0.6 is 0 Å². The van der Waals surface area contributed by atoms with Gasteiger partial charge >= 0.3 is 6.03 Å². The molecule has 1 aromatic heterocycles. The number of guanidine groups is 1. The largest absolute Gasteiger partial charge is 0.352 e. The van der Waals surface area contributed by atoms with Crippen molar-refractivity contribution in [2.75, 3.05) is 38.5 Å². The molecule has 0 bridgehead atoms. The normalized spacial score (nSPS) is 19.4. The van der Waals surface area contributed by atoms with Crippen molar-refractivity contribution in [2.24, 2.45) is 12.0 Å². The molecule has 2 aliphatic rings. The SMILES string of the molecule is CN=C(NCc1cccc(NC(=O)N2CCCC2)c1)N1CCC(c2cnn(C)c2)C1. The van der Waals surface area contributed by atoms with Gasteiger partial charge in [0.15, 0.2) is 5.96 Å². The van der Waals surface area contributed by atoms with E-state index in [9.17, 15) is 4.79 Å². The van der Waals surface area contributed by atoms with Gasteiger partial charge in [0, 0.05) is 64.6 Å². The van der Waals surface area contributed by atoms with Gasteiger partial charge in [-0.3, -0.25) is 9.67 Å². The van der Waals surface area contributed by atoms with Crippen molar-refractivity contribution in [3.05, 3.63) is 47.8 Å². The Labute approximate surface area is 178 Å². The van der Waals surface area contributed by atoms with Crippen LogP contribution in [0.3, 0.4) is 0 Å². The molecular formula is C22H31N7O. The third-order valence-corrected chi connectivity index (χ3v) is 5.92. The zero-order valence-electron chi connectivity index (χ0n) is 17.8. The maximum atomic E-state index is 12.3. The Bertz CT molecular complexity index is 900. The van der Waals surface area contributed by atoms with E-state index in [0.29, 0.717) is 12.5 Å². The van der Waals surface area contributed by atoms with E-state index < -0.39 is 0 Å². The van der Waals surface area contributed by atoms with Crippen LogP contribution in [-0.4, -0.2) is 64.8 Å². The highest BCUT2D eigenvalue weighted by Gasteiger charge is 2.26. The summed E-state index contributed by atoms with van der Waals surface area (Å²) >= 11 is 0. The van der Waals surface area contributed by atoms with Crippen LogP contribution in [0.1, 0.15) is 36.3 Å². The van der Waals surface area contributed by atoms with Crippen LogP contribution in [0.5, 0.6) is 0 Å². The van der Waals surface area contributed by atoms with Crippen molar-refractivity contribution in [3.8, 4) is 0 Å². The Morgan fingerprint density at radius 1 is 1.23 bits per heavy atom. The van der Waals surface area contributed by atoms with Crippen molar-refractivity contribution in [1.29, 1.82) is 0 Å². The molecule has 30 heavy (non-hydrogen) atoms. The number of aryl methyl sites for hydroxylation is 1. The molecule has 8 nitrogen and oxygen atoms in total. The first-order valence-corrected chi connectivity index (χ1v) is 10.7. The number of nitrogens with one attached hydrogen (secondary N) is 2. The van der Waals surface area contributed by atoms with Crippen molar-refractivity contribution in [1.82, 2.24) is 24.9 Å². The first kappa shape index (κ1) is 20.3. The number of aliphatic imine (C=N–C) groups is 1. The maximum Gasteiger partial charge on any atom is 0.321 e. The fraction of sp³-hybridized carbons (Fsp3) is 0.500. The van der Waals surface area contributed by atoms with Gasteiger partial charge in [-0.1, -0.05) is 12.1 Å². The van der Waals surface area contributed by atoms with Gasteiger partial charge < -0.3 is 20.4 Å². The van der Waals surface area contributed by atoms with E-state index >= 15 is 0 Å². The molecule has 0 spiro atoms. The number of carbonyl (C=O) groups excluding carboxylic acids is 1. The molecule has 1 aromatic carbocycles. The second-order valence-electron chi connectivity index (χ2n) is 8.10. The van der Waals surface area contributed by atoms with Crippen LogP contribution in [0.4, 0.5) is 10.5 Å². The van der Waals surface area contributed by atoms with Crippen molar-refractivity contribution >= 4 is 17.7 Å². The molecule has 2 fully saturated rings. The molecule has 2 aromatic rings. The van der Waals surface area contributed by atoms with E-state index in [1.807, 2.05) is 48.1 Å². The number of hydrogen-bond donors (Lipinski definition) is 2. The Morgan fingerprint density at radius 2 is 2.07 bits per heavy atom. The minimum atomic E-state index is -0.00747. The maximum absolute atomic E-state index is 12.3. The molecule has 1 atom stereocenters. The number of hydrogen-bond acceptors (Lipinski definition) is 3. The number of benzene rings is 1. The summed E-state index contributed by atoms with van der Waals surface area (Å²) in [5.41, 5.74) is 3.23. The summed E-state index contributed by atoms with van der Waals surface area (Å²) in [5.74, 6) is 1.40. The van der Waals surface area contributed by atoms with E-state index in [2.05, 4.69) is 37.9 Å². The number of rotatable bonds is 4. The molecule has 0 aliphatic carbocycles. The third-order valence-electron chi connectivity index (χ3n) is 5.92. The van der Waals surface area contributed by atoms with E-state index in [1.165, 1.54) is 5.56 Å². The number of likely N-dealkylation sites (tertiary alicyclic amines) is 2. The highest BCUT2D eigenvalue weighted by atomic mass is 16.2. The van der Waals surface area contributed by atoms with Crippen LogP contribution in [0.25, 0.3) is 0 Å². The van der Waals surface area contributed by atoms with Gasteiger partial charge in [0.25, 0.3) is 0 Å². The van der Waals surface area contributed by atoms with E-state index in [4.69, 9.17) is 0 Å². The van der Waals surface area contributed by atoms with E-state index in [-0.39, 0.29) is 6.03 Å². The molecular weight excluding hydrogens is 378 g/mol. The standard InChI is InChI=1S/C22H31N7O/c1-23-21(29-11-8-18(16-29)19-14-25-27(2)15-19)24-13-17-6-5-7-20(12-17)26-22(30)28-9-3-4-10-28/h5-7,12,14-15,18H,3-4,8-11,13,16H2,1-2H3,(H,23,24)(H,26,30). The summed E-state index contributed by atoms with van der Waals surface area (Å²) in [5, 5.41) is 10.8. The molecule has 2 N–H and O–H groups in total. The van der Waals surface area contributed by atoms with Crippen molar-refractivity contribution in [3.63, 3.8) is 0 Å². The monoisotopic (exact) mass is 409 g/mol. The van der Waals surface area contributed by atoms with Gasteiger partial charge in [-0.15, -0.1) is 0 Å². The first-order valence-electron chi connectivity index (χ1n) is 10.7. The number of carbonyl (C=O) groups is 1. The topological polar surface area (TPSA) is 77.8 Å². The Kier molecular flexibility index (Phi) is 6.21. The molecule has 8 heteroatoms. The summed E-state index contributed by atoms with van der Waals surface area (Å²) in [6.45, 7) is 4.27. The summed E-state index contributed by atoms with van der Waals surface area (Å²) in [7, 11) is 3.78. The highest BCUT2D eigenvalue weighted by molar-refractivity contribution is 5.89. The molecule has 3 heterocycles. The number of amides is 2. The van der Waals surface area contributed by atoms with E-state index in [1.54, 1.807) is 0 Å². The molecule has 160 valence electrons. The Hall–Kier alpha value is -3.03. The lowest BCUT2D eigenvalue weighted by molar-refractivity contribution is 0.222. The van der Waals surface area contributed by atoms with Crippen molar-refractivity contribution in [2.45, 2.75) is 31.7 Å². The number of aromatic nitrogens is 2. The quantitative estimate of drug-likeness (QED) is 0.601. The molecule has 2 amide bonds. The smallest absolute Gasteiger partial charge is 0.321 e. The lowest BCUT2D eigenvalue weighted by Gasteiger charge is -2.22. The van der Waals surface area contributed by atoms with Gasteiger partial charge in [-0.25, -0.2) is 4.79 Å². The van der Waals surface area contributed by atoms with Crippen molar-refractivity contribution < 1.29 is 4.79 Å². The summed E-state index contributed by atoms with van der Waals surface area (Å²) < 4.78 is 1.86. The zero-order chi connectivity index (χ0) is 20.9. The third kappa shape index (κ3) is 4.75. The van der Waals surface area contributed by atoms with Gasteiger partial charge in [0.2, 0.25) is 0 Å². The molecule has 0 radical (unpaired) electrons. The Morgan fingerprint density at radius 3 is 2.80 bits per heavy atom. The zero-order valence-corrected chi connectivity index (χ0v) is 17.8. The molecule has 2 saturated heterocycles. The van der Waals surface area contributed by atoms with Gasteiger partial charge in [-0.2, -0.15) is 5.10 Å². The fourth-order valence-electron chi connectivity index (χ4n) is 4.27. The lowest BCUT2D eigenvalue weighted by Crippen LogP contribution is -2.39. The minimum Gasteiger partial charge on any atom is -0.352 e. The van der Waals surface area contributed by atoms with Crippen LogP contribution in [-0.2, 0) is 13.6 Å². The number of urea groups is 1. The summed E-state index contributed by atoms with van der Waals surface area (Å²) in [4.78, 5) is 21.0. The lowest BCUT2D eigenvalue weighted by atomic mass is 10.0. The summed E-state index contributed by atoms with van der Waals surface area (Å²) in [6, 6.07) is 8.00. The highest BCUT2D eigenvalue weighted by Crippen LogP contribution is 2.26. The fourth-order valence-corrected chi connectivity index (χ4v) is 4.27. The van der Waals surface area contributed by atoms with Gasteiger partial charge in [0.1, 0.15) is 0 Å². The molecule has 1 unspecified atom stereocenters. The van der Waals surface area contributed by atoms with Crippen LogP contribution in [0, 0.1) is 0 Å². The molecule has 4 rings (SSSR count). The Balaban J connectivity index is 1.31. The van der Waals surface area contributed by atoms with Gasteiger partial charge in [0.05, 0.1) is 6.20 Å². The number of nitrogens with zero attached hydrogens (tertiary/aromatic N) is 5. The second kappa shape index (κ2) is 9.19. The average molecular weight is 410 g/mol. The predicted octanol–water partition coefficient (Wildman–Crippen LogP) is 2.61. The first-order chi connectivity index (χ1) is 14.6. The second-order valence-corrected chi connectivity index (χ2v) is 8.10.